The van der Waals surface area contributed by atoms with Crippen LogP contribution >= 0.6 is 34.5 Å². The van der Waals surface area contributed by atoms with Crippen LogP contribution in [0.2, 0.25) is 10.0 Å². The van der Waals surface area contributed by atoms with E-state index in [0.29, 0.717) is 33.9 Å². The quantitative estimate of drug-likeness (QED) is 0.375. The first-order valence-corrected chi connectivity index (χ1v) is 11.0. The van der Waals surface area contributed by atoms with Gasteiger partial charge in [0.1, 0.15) is 0 Å². The van der Waals surface area contributed by atoms with Gasteiger partial charge in [0.15, 0.2) is 0 Å². The molecule has 4 nitrogen and oxygen atoms in total. The van der Waals surface area contributed by atoms with E-state index in [-0.39, 0.29) is 6.04 Å². The Morgan fingerprint density at radius 2 is 1.93 bits per heavy atom. The Hall–Kier alpha value is -2.18. The topological polar surface area (TPSA) is 42.2 Å². The van der Waals surface area contributed by atoms with Gasteiger partial charge in [-0.25, -0.2) is 0 Å². The van der Waals surface area contributed by atoms with Crippen molar-refractivity contribution in [1.82, 2.24) is 15.1 Å². The summed E-state index contributed by atoms with van der Waals surface area (Å²) in [5.74, 6) is 0.983. The zero-order valence-corrected chi connectivity index (χ0v) is 17.7. The lowest BCUT2D eigenvalue weighted by Gasteiger charge is -2.35. The summed E-state index contributed by atoms with van der Waals surface area (Å²) in [7, 11) is 0. The molecule has 2 aromatic carbocycles. The number of halogens is 2. The molecule has 7 heteroatoms. The lowest BCUT2D eigenvalue weighted by Crippen LogP contribution is -2.35. The molecule has 1 unspecified atom stereocenters. The van der Waals surface area contributed by atoms with Crippen LogP contribution < -0.4 is 0 Å². The molecule has 2 aromatic heterocycles. The monoisotopic (exact) mass is 441 g/mol. The zero-order valence-electron chi connectivity index (χ0n) is 15.4. The van der Waals surface area contributed by atoms with E-state index in [1.807, 2.05) is 17.4 Å². The maximum atomic E-state index is 6.29. The van der Waals surface area contributed by atoms with Crippen molar-refractivity contribution in [2.45, 2.75) is 19.0 Å². The Balaban J connectivity index is 1.45. The minimum atomic E-state index is 0.181. The number of hydrogen-bond donors (Lipinski definition) is 0. The van der Waals surface area contributed by atoms with Gasteiger partial charge in [0.2, 0.25) is 11.8 Å². The summed E-state index contributed by atoms with van der Waals surface area (Å²) >= 11 is 14.1. The summed E-state index contributed by atoms with van der Waals surface area (Å²) in [5.41, 5.74) is 3.33. The third-order valence-electron chi connectivity index (χ3n) is 5.15. The lowest BCUT2D eigenvalue weighted by atomic mass is 9.93. The highest BCUT2D eigenvalue weighted by atomic mass is 35.5. The molecule has 0 amide bonds. The summed E-state index contributed by atoms with van der Waals surface area (Å²) in [4.78, 5) is 3.85. The summed E-state index contributed by atoms with van der Waals surface area (Å²) in [6.07, 6.45) is 1.03. The van der Waals surface area contributed by atoms with Crippen molar-refractivity contribution in [3.05, 3.63) is 91.9 Å². The number of fused-ring (bicyclic) bond motifs is 1. The van der Waals surface area contributed by atoms with E-state index in [4.69, 9.17) is 27.6 Å². The van der Waals surface area contributed by atoms with Gasteiger partial charge in [0, 0.05) is 16.4 Å². The van der Waals surface area contributed by atoms with E-state index >= 15 is 0 Å². The second-order valence-electron chi connectivity index (χ2n) is 6.96. The predicted molar refractivity (Wildman–Crippen MR) is 116 cm³/mol. The van der Waals surface area contributed by atoms with E-state index in [0.717, 1.165) is 13.0 Å². The molecule has 1 aliphatic heterocycles. The van der Waals surface area contributed by atoms with Crippen LogP contribution in [-0.2, 0) is 13.0 Å². The van der Waals surface area contributed by atoms with Crippen LogP contribution in [-0.4, -0.2) is 21.6 Å². The number of benzene rings is 2. The highest BCUT2D eigenvalue weighted by Gasteiger charge is 2.30. The Morgan fingerprint density at radius 1 is 1.07 bits per heavy atom. The Kier molecular flexibility index (Phi) is 5.14. The molecule has 0 fully saturated rings. The normalized spacial score (nSPS) is 16.7. The number of hydrogen-bond acceptors (Lipinski definition) is 5. The van der Waals surface area contributed by atoms with Gasteiger partial charge in [-0.15, -0.1) is 21.5 Å². The van der Waals surface area contributed by atoms with Crippen molar-refractivity contribution in [3.63, 3.8) is 0 Å². The minimum Gasteiger partial charge on any atom is -0.419 e. The molecule has 3 heterocycles. The van der Waals surface area contributed by atoms with Crippen molar-refractivity contribution in [2.75, 3.05) is 6.54 Å². The van der Waals surface area contributed by atoms with Crippen LogP contribution in [0.5, 0.6) is 0 Å². The molecule has 1 atom stereocenters. The number of nitrogens with zero attached hydrogens (tertiary/aromatic N) is 3. The molecule has 29 heavy (non-hydrogen) atoms. The average molecular weight is 442 g/mol. The average Bonchev–Trinajstić information content (AvgIpc) is 3.38. The molecule has 5 rings (SSSR count). The molecular formula is C22H17Cl2N3OS. The highest BCUT2D eigenvalue weighted by molar-refractivity contribution is 7.10. The summed E-state index contributed by atoms with van der Waals surface area (Å²) in [6.45, 7) is 1.51. The first-order chi connectivity index (χ1) is 14.2. The van der Waals surface area contributed by atoms with Gasteiger partial charge < -0.3 is 4.42 Å². The first kappa shape index (κ1) is 18.8. The van der Waals surface area contributed by atoms with Gasteiger partial charge in [-0.1, -0.05) is 53.5 Å². The Morgan fingerprint density at radius 3 is 2.76 bits per heavy atom. The second kappa shape index (κ2) is 7.92. The van der Waals surface area contributed by atoms with E-state index in [1.165, 1.54) is 16.0 Å². The number of rotatable bonds is 4. The minimum absolute atomic E-state index is 0.181. The fourth-order valence-electron chi connectivity index (χ4n) is 3.83. The predicted octanol–water partition coefficient (Wildman–Crippen LogP) is 6.25. The van der Waals surface area contributed by atoms with Crippen LogP contribution in [0.25, 0.3) is 11.5 Å². The van der Waals surface area contributed by atoms with E-state index in [1.54, 1.807) is 18.2 Å². The molecule has 4 aromatic rings. The molecule has 0 N–H and O–H groups in total. The first-order valence-electron chi connectivity index (χ1n) is 9.32. The van der Waals surface area contributed by atoms with Crippen LogP contribution in [0.15, 0.2) is 64.4 Å². The Bertz CT molecular complexity index is 1140. The lowest BCUT2D eigenvalue weighted by molar-refractivity contribution is 0.187. The molecule has 0 aliphatic carbocycles. The van der Waals surface area contributed by atoms with Gasteiger partial charge in [0.25, 0.3) is 0 Å². The summed E-state index contributed by atoms with van der Waals surface area (Å²) in [5, 5.41) is 11.7. The molecule has 1 aliphatic rings. The van der Waals surface area contributed by atoms with Gasteiger partial charge in [0.05, 0.1) is 23.2 Å². The maximum Gasteiger partial charge on any atom is 0.249 e. The number of thiophene rings is 1. The van der Waals surface area contributed by atoms with Gasteiger partial charge in [-0.2, -0.15) is 0 Å². The van der Waals surface area contributed by atoms with Gasteiger partial charge in [-0.05, 0) is 47.2 Å². The van der Waals surface area contributed by atoms with Crippen molar-refractivity contribution in [3.8, 4) is 11.5 Å². The fraction of sp³-hybridized carbons (Fsp3) is 0.182. The fourth-order valence-corrected chi connectivity index (χ4v) is 5.22. The van der Waals surface area contributed by atoms with E-state index in [9.17, 15) is 0 Å². The van der Waals surface area contributed by atoms with Crippen LogP contribution in [0, 0.1) is 0 Å². The SMILES string of the molecule is Clc1ccc(-c2nnc(CN3CCc4sccc4C3c3ccccc3)o2)c(Cl)c1. The number of aromatic nitrogens is 2. The van der Waals surface area contributed by atoms with E-state index < -0.39 is 0 Å². The largest absolute Gasteiger partial charge is 0.419 e. The smallest absolute Gasteiger partial charge is 0.249 e. The van der Waals surface area contributed by atoms with Crippen LogP contribution in [0.4, 0.5) is 0 Å². The van der Waals surface area contributed by atoms with Crippen molar-refractivity contribution in [1.29, 1.82) is 0 Å². The van der Waals surface area contributed by atoms with Gasteiger partial charge in [-0.3, -0.25) is 4.90 Å². The third kappa shape index (κ3) is 3.71. The van der Waals surface area contributed by atoms with Crippen molar-refractivity contribution in [2.24, 2.45) is 0 Å². The Labute approximate surface area is 182 Å². The van der Waals surface area contributed by atoms with Crippen LogP contribution in [0.3, 0.4) is 0 Å². The van der Waals surface area contributed by atoms with Crippen molar-refractivity contribution >= 4 is 34.5 Å². The summed E-state index contributed by atoms with van der Waals surface area (Å²) < 4.78 is 5.96. The molecule has 0 bridgehead atoms. The van der Waals surface area contributed by atoms with Crippen LogP contribution in [0.1, 0.15) is 27.9 Å². The molecule has 0 saturated carbocycles. The molecule has 146 valence electrons. The standard InChI is InChI=1S/C22H17Cl2N3OS/c23-15-6-7-16(18(24)12-15)22-26-25-20(28-22)13-27-10-8-19-17(9-11-29-19)21(27)14-4-2-1-3-5-14/h1-7,9,11-12,21H,8,10,13H2. The third-order valence-corrected chi connectivity index (χ3v) is 6.69. The highest BCUT2D eigenvalue weighted by Crippen LogP contribution is 2.38. The maximum absolute atomic E-state index is 6.29. The molecule has 0 saturated heterocycles. The van der Waals surface area contributed by atoms with Crippen molar-refractivity contribution < 1.29 is 4.42 Å². The van der Waals surface area contributed by atoms with Gasteiger partial charge >= 0.3 is 0 Å². The second-order valence-corrected chi connectivity index (χ2v) is 8.80. The molecule has 0 spiro atoms. The summed E-state index contributed by atoms with van der Waals surface area (Å²) in [6, 6.07) is 18.2. The molecular weight excluding hydrogens is 425 g/mol. The van der Waals surface area contributed by atoms with E-state index in [2.05, 4.69) is 50.8 Å². The zero-order chi connectivity index (χ0) is 19.8. The molecule has 0 radical (unpaired) electrons.